The normalized spacial score (nSPS) is 22.7. The number of aromatic nitrogens is 1. The molecule has 16 nitrogen and oxygen atoms in total. The van der Waals surface area contributed by atoms with Crippen molar-refractivity contribution in [2.24, 2.45) is 10.7 Å². The highest BCUT2D eigenvalue weighted by molar-refractivity contribution is 6.30. The average molecular weight is 682 g/mol. The number of ether oxygens (including phenoxy) is 3. The van der Waals surface area contributed by atoms with E-state index in [-0.39, 0.29) is 64.7 Å². The number of methoxy groups -OCH3 is 1. The van der Waals surface area contributed by atoms with Crippen LogP contribution in [0.15, 0.2) is 41.5 Å². The van der Waals surface area contributed by atoms with Crippen LogP contribution in [-0.2, 0) is 17.6 Å². The zero-order valence-corrected chi connectivity index (χ0v) is 26.7. The molecule has 2 aliphatic rings. The lowest BCUT2D eigenvalue weighted by Crippen LogP contribution is -2.60. The number of ketones is 2. The number of benzene rings is 2. The number of aromatic hydroxyl groups is 1. The molecule has 0 bridgehead atoms. The van der Waals surface area contributed by atoms with Gasteiger partial charge in [-0.1, -0.05) is 6.07 Å². The Kier molecular flexibility index (Phi) is 10.7. The number of nitrogen functional groups attached to an aromatic ring is 1. The van der Waals surface area contributed by atoms with E-state index in [9.17, 15) is 40.2 Å². The molecule has 5 rings (SSSR count). The Bertz CT molecular complexity index is 1750. The summed E-state index contributed by atoms with van der Waals surface area (Å²) in [5.74, 6) is -1.86. The number of rotatable bonds is 11. The van der Waals surface area contributed by atoms with Gasteiger partial charge in [0.05, 0.1) is 30.9 Å². The predicted molar refractivity (Wildman–Crippen MR) is 174 cm³/mol. The number of fused-ring (bicyclic) bond motifs is 2. The SMILES string of the molecule is CN=C(N)N[C@@H](CCO)c1c(CCc2ccc(N)nc2)cc2c(c1O)C(=O)c1c(O[C@@H]3O[C@H](CO)[C@@H](O)[C@H](O)[C@H]3O)cc(OC)cc1C2=O. The molecule has 262 valence electrons. The Hall–Kier alpha value is -4.84. The maximum absolute atomic E-state index is 14.4. The number of carbonyl (C=O) groups excluding carboxylic acids is 2. The van der Waals surface area contributed by atoms with Crippen LogP contribution >= 0.6 is 0 Å². The zero-order valence-electron chi connectivity index (χ0n) is 26.7. The molecule has 0 saturated carbocycles. The van der Waals surface area contributed by atoms with E-state index in [0.29, 0.717) is 17.8 Å². The Morgan fingerprint density at radius 2 is 1.78 bits per heavy atom. The van der Waals surface area contributed by atoms with Gasteiger partial charge in [0.1, 0.15) is 47.5 Å². The van der Waals surface area contributed by atoms with Crippen molar-refractivity contribution >= 4 is 23.3 Å². The highest BCUT2D eigenvalue weighted by Gasteiger charge is 2.46. The van der Waals surface area contributed by atoms with Crippen LogP contribution in [0.5, 0.6) is 17.2 Å². The molecule has 0 radical (unpaired) electrons. The summed E-state index contributed by atoms with van der Waals surface area (Å²) in [7, 11) is 2.77. The van der Waals surface area contributed by atoms with Crippen molar-refractivity contribution in [2.45, 2.75) is 56.0 Å². The molecular weight excluding hydrogens is 642 g/mol. The van der Waals surface area contributed by atoms with E-state index in [1.165, 1.54) is 32.4 Å². The van der Waals surface area contributed by atoms with Gasteiger partial charge in [0.25, 0.3) is 0 Å². The molecule has 1 aliphatic heterocycles. The number of aliphatic imine (C=N–C) groups is 1. The fourth-order valence-electron chi connectivity index (χ4n) is 6.04. The second kappa shape index (κ2) is 14.7. The average Bonchev–Trinajstić information content (AvgIpc) is 3.09. The van der Waals surface area contributed by atoms with Crippen LogP contribution in [-0.4, -0.2) is 111 Å². The molecule has 1 aliphatic carbocycles. The highest BCUT2D eigenvalue weighted by atomic mass is 16.7. The maximum atomic E-state index is 14.4. The summed E-state index contributed by atoms with van der Waals surface area (Å²) in [5, 5.41) is 65.6. The number of carbonyl (C=O) groups is 2. The minimum atomic E-state index is -1.82. The van der Waals surface area contributed by atoms with Gasteiger partial charge in [-0.25, -0.2) is 4.98 Å². The van der Waals surface area contributed by atoms with Gasteiger partial charge in [0.2, 0.25) is 12.1 Å². The number of phenols is 1. The quantitative estimate of drug-likeness (QED) is 0.0684. The largest absolute Gasteiger partial charge is 0.507 e. The molecule has 2 heterocycles. The fourth-order valence-corrected chi connectivity index (χ4v) is 6.04. The summed E-state index contributed by atoms with van der Waals surface area (Å²) >= 11 is 0. The molecular formula is C33H39N5O11. The molecule has 1 saturated heterocycles. The summed E-state index contributed by atoms with van der Waals surface area (Å²) < 4.78 is 16.7. The number of hydrogen-bond donors (Lipinski definition) is 9. The van der Waals surface area contributed by atoms with Gasteiger partial charge in [0, 0.05) is 42.6 Å². The summed E-state index contributed by atoms with van der Waals surface area (Å²) in [6, 6.07) is 6.70. The van der Waals surface area contributed by atoms with Crippen molar-refractivity contribution < 1.29 is 54.4 Å². The number of aliphatic hydroxyl groups is 5. The highest BCUT2D eigenvalue weighted by Crippen LogP contribution is 2.44. The first kappa shape index (κ1) is 35.5. The lowest BCUT2D eigenvalue weighted by atomic mass is 9.78. The van der Waals surface area contributed by atoms with Gasteiger partial charge in [-0.05, 0) is 48.6 Å². The van der Waals surface area contributed by atoms with Gasteiger partial charge in [-0.3, -0.25) is 14.6 Å². The Morgan fingerprint density at radius 3 is 2.41 bits per heavy atom. The number of pyridine rings is 1. The van der Waals surface area contributed by atoms with Crippen LogP contribution < -0.4 is 26.3 Å². The summed E-state index contributed by atoms with van der Waals surface area (Å²) in [6.07, 6.45) is -5.95. The third kappa shape index (κ3) is 6.87. The number of nitrogens with two attached hydrogens (primary N) is 2. The van der Waals surface area contributed by atoms with Crippen molar-refractivity contribution in [3.05, 3.63) is 75.5 Å². The minimum Gasteiger partial charge on any atom is -0.507 e. The van der Waals surface area contributed by atoms with Crippen LogP contribution in [0.1, 0.15) is 61.0 Å². The van der Waals surface area contributed by atoms with Crippen molar-refractivity contribution in [1.82, 2.24) is 10.3 Å². The Labute approximate surface area is 280 Å². The van der Waals surface area contributed by atoms with Gasteiger partial charge >= 0.3 is 0 Å². The minimum absolute atomic E-state index is 0.000635. The molecule has 3 aromatic rings. The smallest absolute Gasteiger partial charge is 0.229 e. The van der Waals surface area contributed by atoms with Crippen molar-refractivity contribution in [3.8, 4) is 17.2 Å². The van der Waals surface area contributed by atoms with Gasteiger partial charge < -0.3 is 61.6 Å². The molecule has 0 amide bonds. The second-order valence-corrected chi connectivity index (χ2v) is 11.7. The van der Waals surface area contributed by atoms with Crippen LogP contribution in [0.2, 0.25) is 0 Å². The molecule has 2 aromatic carbocycles. The van der Waals surface area contributed by atoms with Crippen LogP contribution in [0.25, 0.3) is 0 Å². The monoisotopic (exact) mass is 681 g/mol. The Balaban J connectivity index is 1.65. The number of nitrogens with zero attached hydrogens (tertiary/aromatic N) is 2. The summed E-state index contributed by atoms with van der Waals surface area (Å²) in [4.78, 5) is 36.6. The van der Waals surface area contributed by atoms with E-state index in [1.807, 2.05) is 0 Å². The maximum Gasteiger partial charge on any atom is 0.229 e. The van der Waals surface area contributed by atoms with Crippen molar-refractivity contribution in [3.63, 3.8) is 0 Å². The van der Waals surface area contributed by atoms with Gasteiger partial charge in [0.15, 0.2) is 11.7 Å². The molecule has 1 aromatic heterocycles. The lowest BCUT2D eigenvalue weighted by Gasteiger charge is -2.39. The first-order chi connectivity index (χ1) is 23.4. The van der Waals surface area contributed by atoms with Gasteiger partial charge in [-0.15, -0.1) is 0 Å². The number of anilines is 1. The van der Waals surface area contributed by atoms with Crippen LogP contribution in [0.3, 0.4) is 0 Å². The summed E-state index contributed by atoms with van der Waals surface area (Å²) in [6.45, 7) is -1.06. The standard InChI is InChI=1S/C33H39N5O11/c1-36-33(35)38-19(7-8-39)23-15(5-3-14-4-6-22(34)37-12-14)9-17-25(28(23)43)29(44)24-18(26(17)41)10-16(47-2)11-20(24)48-32-31(46)30(45)27(42)21(13-40)49-32/h4,6,9-12,19,21,27,30-32,39-40,42-43,45-46H,3,5,7-8,13H2,1-2H3,(H2,34,37)(H3,35,36,38)/t19-,21+,27+,30-,31+,32+/m0/s1. The van der Waals surface area contributed by atoms with Crippen molar-refractivity contribution in [1.29, 1.82) is 0 Å². The number of nitrogens with one attached hydrogen (secondary N) is 1. The second-order valence-electron chi connectivity index (χ2n) is 11.7. The first-order valence-corrected chi connectivity index (χ1v) is 15.4. The van der Waals surface area contributed by atoms with E-state index in [1.54, 1.807) is 18.3 Å². The van der Waals surface area contributed by atoms with E-state index in [0.717, 1.165) is 5.56 Å². The molecule has 0 spiro atoms. The molecule has 16 heteroatoms. The molecule has 1 fully saturated rings. The van der Waals surface area contributed by atoms with E-state index < -0.39 is 60.7 Å². The third-order valence-corrected chi connectivity index (χ3v) is 8.63. The number of guanidine groups is 1. The van der Waals surface area contributed by atoms with Crippen LogP contribution in [0.4, 0.5) is 5.82 Å². The van der Waals surface area contributed by atoms with Crippen LogP contribution in [0, 0.1) is 0 Å². The van der Waals surface area contributed by atoms with E-state index in [2.05, 4.69) is 15.3 Å². The topological polar surface area (TPSA) is 273 Å². The molecule has 0 unspecified atom stereocenters. The number of aliphatic hydroxyl groups excluding tert-OH is 5. The first-order valence-electron chi connectivity index (χ1n) is 15.4. The number of phenolic OH excluding ortho intramolecular Hbond substituents is 1. The van der Waals surface area contributed by atoms with E-state index in [4.69, 9.17) is 25.7 Å². The van der Waals surface area contributed by atoms with Crippen molar-refractivity contribution in [2.75, 3.05) is 33.1 Å². The Morgan fingerprint density at radius 1 is 1.04 bits per heavy atom. The zero-order chi connectivity index (χ0) is 35.6. The number of aryl methyl sites for hydroxylation is 2. The molecule has 49 heavy (non-hydrogen) atoms. The molecule has 6 atom stereocenters. The fraction of sp³-hybridized carbons (Fsp3) is 0.394. The lowest BCUT2D eigenvalue weighted by molar-refractivity contribution is -0.277. The molecule has 11 N–H and O–H groups in total. The van der Waals surface area contributed by atoms with E-state index >= 15 is 0 Å². The van der Waals surface area contributed by atoms with Gasteiger partial charge in [-0.2, -0.15) is 0 Å². The number of hydrogen-bond acceptors (Lipinski definition) is 14. The summed E-state index contributed by atoms with van der Waals surface area (Å²) in [5.41, 5.74) is 12.3. The third-order valence-electron chi connectivity index (χ3n) is 8.63. The predicted octanol–water partition coefficient (Wildman–Crippen LogP) is -0.925.